The number of nitrogens with zero attached hydrogens (tertiary/aromatic N) is 3. The van der Waals surface area contributed by atoms with Gasteiger partial charge in [0.15, 0.2) is 0 Å². The molecule has 1 aliphatic rings. The Morgan fingerprint density at radius 3 is 2.38 bits per heavy atom. The number of piperazine rings is 1. The predicted molar refractivity (Wildman–Crippen MR) is 104 cm³/mol. The molecule has 4 rings (SSSR count). The minimum Gasteiger partial charge on any atom is -0.369 e. The van der Waals surface area contributed by atoms with E-state index in [4.69, 9.17) is 0 Å². The zero-order chi connectivity index (χ0) is 18.1. The van der Waals surface area contributed by atoms with Crippen molar-refractivity contribution in [2.24, 2.45) is 0 Å². The molecule has 5 nitrogen and oxygen atoms in total. The van der Waals surface area contributed by atoms with Gasteiger partial charge in [0.1, 0.15) is 4.90 Å². The highest BCUT2D eigenvalue weighted by Gasteiger charge is 2.30. The van der Waals surface area contributed by atoms with Crippen molar-refractivity contribution in [3.63, 3.8) is 0 Å². The van der Waals surface area contributed by atoms with Crippen LogP contribution in [-0.2, 0) is 10.0 Å². The lowest BCUT2D eigenvalue weighted by Crippen LogP contribution is -2.48. The number of benzene rings is 2. The Balaban J connectivity index is 1.61. The van der Waals surface area contributed by atoms with Gasteiger partial charge in [-0.05, 0) is 36.8 Å². The lowest BCUT2D eigenvalue weighted by atomic mass is 10.2. The van der Waals surface area contributed by atoms with Crippen molar-refractivity contribution in [1.82, 2.24) is 9.29 Å². The van der Waals surface area contributed by atoms with Gasteiger partial charge in [0, 0.05) is 43.4 Å². The number of anilines is 1. The Hall–Kier alpha value is -2.44. The standard InChI is InChI=1S/C20H21N3O2S/c1-16-14-17-6-5-9-19(20(17)21-15-16)26(24,25)23-12-10-22(11-13-23)18-7-3-2-4-8-18/h2-9,14-15H,10-13H2,1H3. The SMILES string of the molecule is Cc1cnc2c(S(=O)(=O)N3CCN(c4ccccc4)CC3)cccc2c1. The maximum Gasteiger partial charge on any atom is 0.245 e. The van der Waals surface area contributed by atoms with Crippen LogP contribution in [0.15, 0.2) is 65.7 Å². The van der Waals surface area contributed by atoms with Crippen LogP contribution in [0.5, 0.6) is 0 Å². The van der Waals surface area contributed by atoms with E-state index in [1.807, 2.05) is 37.3 Å². The average Bonchev–Trinajstić information content (AvgIpc) is 2.68. The number of sulfonamides is 1. The first-order valence-electron chi connectivity index (χ1n) is 8.71. The molecule has 0 unspecified atom stereocenters. The van der Waals surface area contributed by atoms with Crippen LogP contribution in [0, 0.1) is 6.92 Å². The number of fused-ring (bicyclic) bond motifs is 1. The van der Waals surface area contributed by atoms with Gasteiger partial charge in [-0.1, -0.05) is 30.3 Å². The fourth-order valence-electron chi connectivity index (χ4n) is 3.42. The number of hydrogen-bond acceptors (Lipinski definition) is 4. The summed E-state index contributed by atoms with van der Waals surface area (Å²) in [5, 5.41) is 0.856. The maximum atomic E-state index is 13.2. The number of hydrogen-bond donors (Lipinski definition) is 0. The number of aromatic nitrogens is 1. The van der Waals surface area contributed by atoms with Crippen LogP contribution < -0.4 is 4.90 Å². The van der Waals surface area contributed by atoms with E-state index in [0.717, 1.165) is 16.6 Å². The molecule has 0 radical (unpaired) electrons. The van der Waals surface area contributed by atoms with Crippen molar-refractivity contribution in [1.29, 1.82) is 0 Å². The summed E-state index contributed by atoms with van der Waals surface area (Å²) in [5.74, 6) is 0. The summed E-state index contributed by atoms with van der Waals surface area (Å²) in [5.41, 5.74) is 2.69. The molecule has 1 aliphatic heterocycles. The Bertz CT molecular complexity index is 1030. The van der Waals surface area contributed by atoms with Crippen LogP contribution in [0.1, 0.15) is 5.56 Å². The molecule has 2 heterocycles. The van der Waals surface area contributed by atoms with E-state index in [9.17, 15) is 8.42 Å². The van der Waals surface area contributed by atoms with Crippen molar-refractivity contribution in [3.8, 4) is 0 Å². The highest BCUT2D eigenvalue weighted by Crippen LogP contribution is 2.26. The van der Waals surface area contributed by atoms with E-state index in [-0.39, 0.29) is 0 Å². The molecule has 1 saturated heterocycles. The van der Waals surface area contributed by atoms with Crippen LogP contribution in [0.3, 0.4) is 0 Å². The topological polar surface area (TPSA) is 53.5 Å². The summed E-state index contributed by atoms with van der Waals surface area (Å²) >= 11 is 0. The summed E-state index contributed by atoms with van der Waals surface area (Å²) in [4.78, 5) is 6.90. The molecule has 0 bridgehead atoms. The Kier molecular flexibility index (Phi) is 4.38. The second-order valence-electron chi connectivity index (χ2n) is 6.57. The molecule has 0 N–H and O–H groups in total. The fourth-order valence-corrected chi connectivity index (χ4v) is 5.00. The van der Waals surface area contributed by atoms with Crippen LogP contribution in [0.4, 0.5) is 5.69 Å². The number of pyridine rings is 1. The van der Waals surface area contributed by atoms with Gasteiger partial charge < -0.3 is 4.90 Å². The smallest absolute Gasteiger partial charge is 0.245 e. The molecule has 1 fully saturated rings. The molecule has 3 aromatic rings. The Morgan fingerprint density at radius 2 is 1.65 bits per heavy atom. The largest absolute Gasteiger partial charge is 0.369 e. The second-order valence-corrected chi connectivity index (χ2v) is 8.47. The third kappa shape index (κ3) is 3.06. The highest BCUT2D eigenvalue weighted by atomic mass is 32.2. The summed E-state index contributed by atoms with van der Waals surface area (Å²) in [6.07, 6.45) is 1.72. The van der Waals surface area contributed by atoms with E-state index >= 15 is 0 Å². The van der Waals surface area contributed by atoms with Gasteiger partial charge in [-0.3, -0.25) is 4.98 Å². The Morgan fingerprint density at radius 1 is 0.923 bits per heavy atom. The van der Waals surface area contributed by atoms with E-state index in [1.165, 1.54) is 0 Å². The minimum absolute atomic E-state index is 0.295. The third-order valence-electron chi connectivity index (χ3n) is 4.79. The quantitative estimate of drug-likeness (QED) is 0.714. The van der Waals surface area contributed by atoms with E-state index in [2.05, 4.69) is 22.0 Å². The number of aryl methyl sites for hydroxylation is 1. The molecule has 0 saturated carbocycles. The highest BCUT2D eigenvalue weighted by molar-refractivity contribution is 7.89. The maximum absolute atomic E-state index is 13.2. The number of para-hydroxylation sites is 2. The van der Waals surface area contributed by atoms with Crippen LogP contribution in [-0.4, -0.2) is 43.9 Å². The van der Waals surface area contributed by atoms with Gasteiger partial charge in [0.05, 0.1) is 5.52 Å². The van der Waals surface area contributed by atoms with Crippen LogP contribution in [0.25, 0.3) is 10.9 Å². The lowest BCUT2D eigenvalue weighted by molar-refractivity contribution is 0.385. The van der Waals surface area contributed by atoms with Crippen LogP contribution >= 0.6 is 0 Å². The summed E-state index contributed by atoms with van der Waals surface area (Å²) in [6, 6.07) is 17.4. The zero-order valence-electron chi connectivity index (χ0n) is 14.7. The summed E-state index contributed by atoms with van der Waals surface area (Å²) < 4.78 is 28.0. The predicted octanol–water partition coefficient (Wildman–Crippen LogP) is 3.05. The average molecular weight is 367 g/mol. The molecule has 6 heteroatoms. The van der Waals surface area contributed by atoms with E-state index in [1.54, 1.807) is 22.6 Å². The lowest BCUT2D eigenvalue weighted by Gasteiger charge is -2.35. The summed E-state index contributed by atoms with van der Waals surface area (Å²) in [7, 11) is -3.56. The molecule has 0 amide bonds. The second kappa shape index (κ2) is 6.70. The minimum atomic E-state index is -3.56. The van der Waals surface area contributed by atoms with Crippen molar-refractivity contribution in [3.05, 3.63) is 66.4 Å². The Labute approximate surface area is 153 Å². The zero-order valence-corrected chi connectivity index (χ0v) is 15.5. The van der Waals surface area contributed by atoms with Gasteiger partial charge in [-0.15, -0.1) is 0 Å². The fraction of sp³-hybridized carbons (Fsp3) is 0.250. The van der Waals surface area contributed by atoms with Gasteiger partial charge >= 0.3 is 0 Å². The molecule has 0 spiro atoms. The van der Waals surface area contributed by atoms with Crippen molar-refractivity contribution in [2.45, 2.75) is 11.8 Å². The molecule has 0 aliphatic carbocycles. The molecule has 1 aromatic heterocycles. The van der Waals surface area contributed by atoms with Gasteiger partial charge in [0.2, 0.25) is 10.0 Å². The van der Waals surface area contributed by atoms with Crippen molar-refractivity contribution < 1.29 is 8.42 Å². The normalized spacial score (nSPS) is 16.1. The molecule has 2 aromatic carbocycles. The van der Waals surface area contributed by atoms with Gasteiger partial charge in [-0.25, -0.2) is 8.42 Å². The van der Waals surface area contributed by atoms with Crippen LogP contribution in [0.2, 0.25) is 0 Å². The molecule has 26 heavy (non-hydrogen) atoms. The monoisotopic (exact) mass is 367 g/mol. The van der Waals surface area contributed by atoms with Gasteiger partial charge in [-0.2, -0.15) is 4.31 Å². The molecular formula is C20H21N3O2S. The molecular weight excluding hydrogens is 346 g/mol. The van der Waals surface area contributed by atoms with Crippen molar-refractivity contribution in [2.75, 3.05) is 31.1 Å². The first-order valence-corrected chi connectivity index (χ1v) is 10.2. The first kappa shape index (κ1) is 17.0. The third-order valence-corrected chi connectivity index (χ3v) is 6.72. The van der Waals surface area contributed by atoms with Gasteiger partial charge in [0.25, 0.3) is 0 Å². The van der Waals surface area contributed by atoms with Crippen molar-refractivity contribution >= 4 is 26.6 Å². The van der Waals surface area contributed by atoms with E-state index < -0.39 is 10.0 Å². The summed E-state index contributed by atoms with van der Waals surface area (Å²) in [6.45, 7) is 4.26. The molecule has 0 atom stereocenters. The number of rotatable bonds is 3. The molecule has 134 valence electrons. The van der Waals surface area contributed by atoms with E-state index in [0.29, 0.717) is 36.6 Å². The first-order chi connectivity index (χ1) is 12.6.